The van der Waals surface area contributed by atoms with E-state index in [4.69, 9.17) is 4.74 Å². The molecule has 0 aliphatic rings. The molecule has 0 saturated heterocycles. The Hall–Kier alpha value is -4.26. The first-order chi connectivity index (χ1) is 16.9. The van der Waals surface area contributed by atoms with Gasteiger partial charge in [0.1, 0.15) is 5.75 Å². The molecule has 4 nitrogen and oxygen atoms in total. The summed E-state index contributed by atoms with van der Waals surface area (Å²) in [6.07, 6.45) is -4.82. The lowest BCUT2D eigenvalue weighted by atomic mass is 9.78. The van der Waals surface area contributed by atoms with Crippen LogP contribution in [-0.4, -0.2) is 19.1 Å². The molecule has 4 aromatic rings. The van der Waals surface area contributed by atoms with Gasteiger partial charge in [-0.3, -0.25) is 0 Å². The highest BCUT2D eigenvalue weighted by Crippen LogP contribution is 2.41. The summed E-state index contributed by atoms with van der Waals surface area (Å²) in [5.74, 6) is -0.842. The molecule has 0 heterocycles. The molecule has 0 saturated carbocycles. The minimum Gasteiger partial charge on any atom is -0.497 e. The number of amidine groups is 1. The van der Waals surface area contributed by atoms with Crippen LogP contribution in [0.1, 0.15) is 16.7 Å². The monoisotopic (exact) mass is 473 g/mol. The average Bonchev–Trinajstić information content (AvgIpc) is 2.90. The summed E-state index contributed by atoms with van der Waals surface area (Å²) < 4.78 is 47.1. The molecule has 0 unspecified atom stereocenters. The van der Waals surface area contributed by atoms with Gasteiger partial charge in [-0.1, -0.05) is 91.0 Å². The van der Waals surface area contributed by atoms with E-state index in [0.717, 1.165) is 0 Å². The van der Waals surface area contributed by atoms with Gasteiger partial charge in [0, 0.05) is 0 Å². The molecule has 0 amide bonds. The van der Waals surface area contributed by atoms with Crippen LogP contribution in [0, 0.1) is 0 Å². The van der Waals surface area contributed by atoms with Crippen LogP contribution in [0.5, 0.6) is 5.75 Å². The van der Waals surface area contributed by atoms with Crippen LogP contribution in [0.25, 0.3) is 0 Å². The lowest BCUT2D eigenvalue weighted by Gasteiger charge is -2.30. The highest BCUT2D eigenvalue weighted by atomic mass is 19.4. The van der Waals surface area contributed by atoms with Crippen molar-refractivity contribution in [1.29, 1.82) is 0 Å². The minimum absolute atomic E-state index is 0.0850. The van der Waals surface area contributed by atoms with E-state index in [1.54, 1.807) is 0 Å². The second-order valence-corrected chi connectivity index (χ2v) is 7.64. The van der Waals surface area contributed by atoms with E-state index in [9.17, 15) is 13.2 Å². The fourth-order valence-corrected chi connectivity index (χ4v) is 3.76. The number of aliphatic imine (C=N–C) groups is 1. The molecule has 0 radical (unpaired) electrons. The third-order valence-electron chi connectivity index (χ3n) is 5.43. The predicted octanol–water partition coefficient (Wildman–Crippen LogP) is 7.73. The van der Waals surface area contributed by atoms with Crippen molar-refractivity contribution in [2.24, 2.45) is 15.2 Å². The van der Waals surface area contributed by atoms with Crippen LogP contribution in [0.2, 0.25) is 0 Å². The van der Waals surface area contributed by atoms with Gasteiger partial charge < -0.3 is 4.74 Å². The van der Waals surface area contributed by atoms with Crippen molar-refractivity contribution in [3.8, 4) is 5.75 Å². The van der Waals surface area contributed by atoms with E-state index < -0.39 is 17.6 Å². The van der Waals surface area contributed by atoms with E-state index in [2.05, 4.69) is 15.2 Å². The molecule has 0 aliphatic heterocycles. The van der Waals surface area contributed by atoms with Gasteiger partial charge in [-0.25, -0.2) is 4.99 Å². The van der Waals surface area contributed by atoms with Gasteiger partial charge in [-0.2, -0.15) is 18.3 Å². The zero-order valence-electron chi connectivity index (χ0n) is 18.9. The SMILES string of the molecule is COc1ccc(N=C(N=NC(c2ccccc2)(c2ccccc2)c2ccccc2)C(F)(F)F)cc1. The first kappa shape index (κ1) is 23.9. The molecule has 0 atom stereocenters. The summed E-state index contributed by atoms with van der Waals surface area (Å²) in [5, 5.41) is 8.17. The lowest BCUT2D eigenvalue weighted by Crippen LogP contribution is -2.28. The largest absolute Gasteiger partial charge is 0.497 e. The topological polar surface area (TPSA) is 46.3 Å². The minimum atomic E-state index is -4.82. The Labute approximate surface area is 201 Å². The number of methoxy groups -OCH3 is 1. The maximum absolute atomic E-state index is 14.0. The fraction of sp³-hybridized carbons (Fsp3) is 0.107. The zero-order valence-corrected chi connectivity index (χ0v) is 18.9. The average molecular weight is 473 g/mol. The van der Waals surface area contributed by atoms with Crippen molar-refractivity contribution in [3.63, 3.8) is 0 Å². The second-order valence-electron chi connectivity index (χ2n) is 7.64. The molecular formula is C28H22F3N3O. The molecular weight excluding hydrogens is 451 g/mol. The van der Waals surface area contributed by atoms with Crippen molar-refractivity contribution in [1.82, 2.24) is 0 Å². The van der Waals surface area contributed by atoms with E-state index in [1.165, 1.54) is 31.4 Å². The number of benzene rings is 4. The number of alkyl halides is 3. The van der Waals surface area contributed by atoms with E-state index >= 15 is 0 Å². The molecule has 176 valence electrons. The molecule has 0 aliphatic carbocycles. The standard InChI is InChI=1S/C28H22F3N3O/c1-35-25-19-17-24(18-20-25)32-26(28(29,30)31)33-34-27(21-11-5-2-6-12-21,22-13-7-3-8-14-22)23-15-9-4-10-16-23/h2-20H,1H3. The third-order valence-corrected chi connectivity index (χ3v) is 5.43. The summed E-state index contributed by atoms with van der Waals surface area (Å²) in [5.41, 5.74) is 0.781. The van der Waals surface area contributed by atoms with Gasteiger partial charge >= 0.3 is 6.18 Å². The number of nitrogens with zero attached hydrogens (tertiary/aromatic N) is 3. The molecule has 0 spiro atoms. The molecule has 35 heavy (non-hydrogen) atoms. The number of rotatable bonds is 6. The summed E-state index contributed by atoms with van der Waals surface area (Å²) >= 11 is 0. The predicted molar refractivity (Wildman–Crippen MR) is 130 cm³/mol. The highest BCUT2D eigenvalue weighted by molar-refractivity contribution is 5.90. The Morgan fingerprint density at radius 1 is 0.629 bits per heavy atom. The zero-order chi connectivity index (χ0) is 24.7. The Kier molecular flexibility index (Phi) is 7.06. The van der Waals surface area contributed by atoms with Gasteiger partial charge in [-0.15, -0.1) is 5.11 Å². The smallest absolute Gasteiger partial charge is 0.453 e. The van der Waals surface area contributed by atoms with Gasteiger partial charge in [0.2, 0.25) is 0 Å². The summed E-state index contributed by atoms with van der Waals surface area (Å²) in [6, 6.07) is 33.3. The summed E-state index contributed by atoms with van der Waals surface area (Å²) in [6.45, 7) is 0. The molecule has 0 N–H and O–H groups in total. The third kappa shape index (κ3) is 5.30. The molecule has 4 aromatic carbocycles. The Bertz CT molecular complexity index is 1190. The number of azo groups is 1. The van der Waals surface area contributed by atoms with Crippen LogP contribution in [0.3, 0.4) is 0 Å². The van der Waals surface area contributed by atoms with Gasteiger partial charge in [0.05, 0.1) is 12.8 Å². The van der Waals surface area contributed by atoms with Gasteiger partial charge in [0.25, 0.3) is 5.84 Å². The molecule has 0 aromatic heterocycles. The molecule has 4 rings (SSSR count). The molecule has 0 bridgehead atoms. The van der Waals surface area contributed by atoms with Gasteiger partial charge in [-0.05, 0) is 41.0 Å². The fourth-order valence-electron chi connectivity index (χ4n) is 3.76. The number of ether oxygens (including phenoxy) is 1. The van der Waals surface area contributed by atoms with Crippen molar-refractivity contribution in [3.05, 3.63) is 132 Å². The normalized spacial score (nSPS) is 12.6. The van der Waals surface area contributed by atoms with E-state index in [1.807, 2.05) is 91.0 Å². The highest BCUT2D eigenvalue weighted by Gasteiger charge is 2.40. The van der Waals surface area contributed by atoms with Crippen molar-refractivity contribution < 1.29 is 17.9 Å². The van der Waals surface area contributed by atoms with Crippen molar-refractivity contribution in [2.45, 2.75) is 11.7 Å². The Morgan fingerprint density at radius 3 is 1.43 bits per heavy atom. The van der Waals surface area contributed by atoms with Crippen LogP contribution in [0.15, 0.2) is 130 Å². The quantitative estimate of drug-likeness (QED) is 0.122. The van der Waals surface area contributed by atoms with E-state index in [-0.39, 0.29) is 5.69 Å². The van der Waals surface area contributed by atoms with Crippen LogP contribution in [-0.2, 0) is 5.54 Å². The first-order valence-corrected chi connectivity index (χ1v) is 10.8. The van der Waals surface area contributed by atoms with Crippen molar-refractivity contribution in [2.75, 3.05) is 7.11 Å². The molecule has 7 heteroatoms. The van der Waals surface area contributed by atoms with Crippen LogP contribution < -0.4 is 4.74 Å². The summed E-state index contributed by atoms with van der Waals surface area (Å²) in [7, 11) is 1.48. The number of halogens is 3. The van der Waals surface area contributed by atoms with E-state index in [0.29, 0.717) is 22.4 Å². The summed E-state index contributed by atoms with van der Waals surface area (Å²) in [4.78, 5) is 3.77. The maximum atomic E-state index is 14.0. The maximum Gasteiger partial charge on any atom is 0.453 e. The first-order valence-electron chi connectivity index (χ1n) is 10.8. The van der Waals surface area contributed by atoms with Gasteiger partial charge in [0.15, 0.2) is 5.54 Å². The van der Waals surface area contributed by atoms with Crippen LogP contribution >= 0.6 is 0 Å². The molecule has 0 fully saturated rings. The second kappa shape index (κ2) is 10.3. The lowest BCUT2D eigenvalue weighted by molar-refractivity contribution is -0.0600. The van der Waals surface area contributed by atoms with Crippen LogP contribution in [0.4, 0.5) is 18.9 Å². The Morgan fingerprint density at radius 2 is 1.06 bits per heavy atom. The number of hydrogen-bond acceptors (Lipinski definition) is 3. The Balaban J connectivity index is 1.93. The number of hydrogen-bond donors (Lipinski definition) is 0. The van der Waals surface area contributed by atoms with Crippen molar-refractivity contribution >= 4 is 11.5 Å².